The van der Waals surface area contributed by atoms with Crippen LogP contribution in [0.3, 0.4) is 0 Å². The monoisotopic (exact) mass is 428 g/mol. The highest BCUT2D eigenvalue weighted by molar-refractivity contribution is 5.71. The molecular formula is C25H50NO4+. The Morgan fingerprint density at radius 3 is 1.80 bits per heavy atom. The Kier molecular flexibility index (Phi) is 16.9. The summed E-state index contributed by atoms with van der Waals surface area (Å²) >= 11 is 0. The molecule has 2 atom stereocenters. The summed E-state index contributed by atoms with van der Waals surface area (Å²) in [4.78, 5) is 23.2. The molecule has 178 valence electrons. The average Bonchev–Trinajstić information content (AvgIpc) is 2.62. The molecule has 0 bridgehead atoms. The van der Waals surface area contributed by atoms with Gasteiger partial charge in [0.2, 0.25) is 0 Å². The highest BCUT2D eigenvalue weighted by Crippen LogP contribution is 2.18. The molecule has 0 aromatic carbocycles. The minimum absolute atomic E-state index is 0.129. The number of esters is 1. The molecule has 30 heavy (non-hydrogen) atoms. The van der Waals surface area contributed by atoms with Crippen LogP contribution in [-0.2, 0) is 14.3 Å². The predicted molar refractivity (Wildman–Crippen MR) is 125 cm³/mol. The van der Waals surface area contributed by atoms with Crippen LogP contribution in [0.5, 0.6) is 0 Å². The summed E-state index contributed by atoms with van der Waals surface area (Å²) < 4.78 is 6.03. The summed E-state index contributed by atoms with van der Waals surface area (Å²) in [6.07, 6.45) is 16.5. The SMILES string of the molecule is CCCCCCCCCCCCCC(C)CCC(=O)OC(CC(=O)O)C[N+](C)(C)C. The van der Waals surface area contributed by atoms with E-state index in [9.17, 15) is 9.59 Å². The van der Waals surface area contributed by atoms with Gasteiger partial charge >= 0.3 is 11.9 Å². The lowest BCUT2D eigenvalue weighted by Crippen LogP contribution is -2.43. The van der Waals surface area contributed by atoms with Gasteiger partial charge in [-0.25, -0.2) is 0 Å². The molecule has 0 spiro atoms. The van der Waals surface area contributed by atoms with Gasteiger partial charge in [-0.2, -0.15) is 0 Å². The molecule has 0 saturated carbocycles. The van der Waals surface area contributed by atoms with Crippen LogP contribution < -0.4 is 0 Å². The van der Waals surface area contributed by atoms with Crippen molar-refractivity contribution in [2.24, 2.45) is 5.92 Å². The summed E-state index contributed by atoms with van der Waals surface area (Å²) in [6, 6.07) is 0. The van der Waals surface area contributed by atoms with Crippen molar-refractivity contribution in [3.05, 3.63) is 0 Å². The second-order valence-corrected chi connectivity index (χ2v) is 10.2. The average molecular weight is 429 g/mol. The normalized spacial score (nSPS) is 13.8. The number of nitrogens with zero attached hydrogens (tertiary/aromatic N) is 1. The standard InChI is InChI=1S/C25H49NO4/c1-6-7-8-9-10-11-12-13-14-15-16-17-22(2)18-19-25(29)30-23(20-24(27)28)21-26(3,4)5/h22-23H,6-21H2,1-5H3/p+1. The molecule has 0 aromatic rings. The first-order valence-electron chi connectivity index (χ1n) is 12.4. The van der Waals surface area contributed by atoms with Crippen LogP contribution in [0.2, 0.25) is 0 Å². The van der Waals surface area contributed by atoms with E-state index in [-0.39, 0.29) is 12.4 Å². The van der Waals surface area contributed by atoms with E-state index < -0.39 is 12.1 Å². The number of rotatable bonds is 20. The van der Waals surface area contributed by atoms with Crippen molar-refractivity contribution in [2.75, 3.05) is 27.7 Å². The van der Waals surface area contributed by atoms with Crippen molar-refractivity contribution < 1.29 is 23.9 Å². The van der Waals surface area contributed by atoms with Crippen molar-refractivity contribution in [3.63, 3.8) is 0 Å². The number of likely N-dealkylation sites (N-methyl/N-ethyl adjacent to an activating group) is 1. The van der Waals surface area contributed by atoms with E-state index in [0.717, 1.165) is 12.8 Å². The number of unbranched alkanes of at least 4 members (excludes halogenated alkanes) is 10. The summed E-state index contributed by atoms with van der Waals surface area (Å²) in [6.45, 7) is 4.97. The topological polar surface area (TPSA) is 63.6 Å². The van der Waals surface area contributed by atoms with Gasteiger partial charge in [-0.1, -0.05) is 90.9 Å². The molecule has 0 heterocycles. The summed E-state index contributed by atoms with van der Waals surface area (Å²) in [5, 5.41) is 9.05. The van der Waals surface area contributed by atoms with E-state index in [1.54, 1.807) is 0 Å². The van der Waals surface area contributed by atoms with E-state index in [4.69, 9.17) is 9.84 Å². The maximum Gasteiger partial charge on any atom is 0.307 e. The van der Waals surface area contributed by atoms with Gasteiger partial charge in [0.15, 0.2) is 6.10 Å². The number of aliphatic carboxylic acids is 1. The predicted octanol–water partition coefficient (Wildman–Crippen LogP) is 6.20. The van der Waals surface area contributed by atoms with Crippen LogP contribution in [-0.4, -0.2) is 55.3 Å². The molecule has 0 aliphatic carbocycles. The smallest absolute Gasteiger partial charge is 0.307 e. The molecule has 0 aromatic heterocycles. The fourth-order valence-electron chi connectivity index (χ4n) is 3.86. The molecule has 5 nitrogen and oxygen atoms in total. The number of hydrogen-bond donors (Lipinski definition) is 1. The fourth-order valence-corrected chi connectivity index (χ4v) is 3.86. The first kappa shape index (κ1) is 28.9. The van der Waals surface area contributed by atoms with Crippen molar-refractivity contribution >= 4 is 11.9 Å². The minimum atomic E-state index is -0.925. The molecule has 0 rings (SSSR count). The van der Waals surface area contributed by atoms with Gasteiger partial charge in [-0.3, -0.25) is 9.59 Å². The summed E-state index contributed by atoms with van der Waals surface area (Å²) in [5.74, 6) is -0.681. The minimum Gasteiger partial charge on any atom is -0.481 e. The van der Waals surface area contributed by atoms with E-state index >= 15 is 0 Å². The van der Waals surface area contributed by atoms with E-state index in [1.807, 2.05) is 21.1 Å². The van der Waals surface area contributed by atoms with Crippen LogP contribution in [0.25, 0.3) is 0 Å². The van der Waals surface area contributed by atoms with Crippen LogP contribution in [0.15, 0.2) is 0 Å². The lowest BCUT2D eigenvalue weighted by Gasteiger charge is -2.28. The Labute approximate surface area is 186 Å². The van der Waals surface area contributed by atoms with Gasteiger partial charge in [0.1, 0.15) is 6.54 Å². The third-order valence-electron chi connectivity index (χ3n) is 5.59. The number of carbonyl (C=O) groups excluding carboxylic acids is 1. The highest BCUT2D eigenvalue weighted by Gasteiger charge is 2.24. The van der Waals surface area contributed by atoms with Crippen LogP contribution in [0, 0.1) is 5.92 Å². The first-order chi connectivity index (χ1) is 14.1. The van der Waals surface area contributed by atoms with Crippen LogP contribution >= 0.6 is 0 Å². The maximum atomic E-state index is 12.2. The Morgan fingerprint density at radius 2 is 1.33 bits per heavy atom. The molecule has 5 heteroatoms. The van der Waals surface area contributed by atoms with Gasteiger partial charge in [0, 0.05) is 6.42 Å². The Balaban J connectivity index is 3.78. The molecule has 1 N–H and O–H groups in total. The molecule has 2 unspecified atom stereocenters. The highest BCUT2D eigenvalue weighted by atomic mass is 16.5. The first-order valence-corrected chi connectivity index (χ1v) is 12.4. The van der Waals surface area contributed by atoms with E-state index in [1.165, 1.54) is 70.6 Å². The zero-order chi connectivity index (χ0) is 22.8. The number of hydrogen-bond acceptors (Lipinski definition) is 3. The Morgan fingerprint density at radius 1 is 0.833 bits per heavy atom. The number of carbonyl (C=O) groups is 2. The summed E-state index contributed by atoms with van der Waals surface area (Å²) in [7, 11) is 5.91. The van der Waals surface area contributed by atoms with Gasteiger partial charge < -0.3 is 14.3 Å². The number of ether oxygens (including phenoxy) is 1. The molecular weight excluding hydrogens is 378 g/mol. The summed E-state index contributed by atoms with van der Waals surface area (Å²) in [5.41, 5.74) is 0. The van der Waals surface area contributed by atoms with Gasteiger partial charge in [0.05, 0.1) is 27.6 Å². The lowest BCUT2D eigenvalue weighted by atomic mass is 9.97. The Bertz CT molecular complexity index is 445. The number of quaternary nitrogens is 1. The van der Waals surface area contributed by atoms with Crippen molar-refractivity contribution in [1.29, 1.82) is 0 Å². The lowest BCUT2D eigenvalue weighted by molar-refractivity contribution is -0.873. The van der Waals surface area contributed by atoms with Gasteiger partial charge in [-0.15, -0.1) is 0 Å². The van der Waals surface area contributed by atoms with Crippen molar-refractivity contribution in [2.45, 2.75) is 116 Å². The second-order valence-electron chi connectivity index (χ2n) is 10.2. The molecule has 0 aliphatic heterocycles. The third-order valence-corrected chi connectivity index (χ3v) is 5.59. The molecule has 0 amide bonds. The van der Waals surface area contributed by atoms with Crippen LogP contribution in [0.4, 0.5) is 0 Å². The third kappa shape index (κ3) is 20.2. The van der Waals surface area contributed by atoms with Gasteiger partial charge in [0.25, 0.3) is 0 Å². The largest absolute Gasteiger partial charge is 0.481 e. The molecule has 0 fully saturated rings. The number of carboxylic acid groups (broad SMARTS) is 1. The fraction of sp³-hybridized carbons (Fsp3) is 0.920. The van der Waals surface area contributed by atoms with Gasteiger partial charge in [-0.05, 0) is 12.3 Å². The molecule has 0 aliphatic rings. The number of carboxylic acids is 1. The van der Waals surface area contributed by atoms with Crippen LogP contribution in [0.1, 0.15) is 110 Å². The quantitative estimate of drug-likeness (QED) is 0.142. The second kappa shape index (κ2) is 17.6. The van der Waals surface area contributed by atoms with E-state index in [0.29, 0.717) is 23.4 Å². The maximum absolute atomic E-state index is 12.2. The Hall–Kier alpha value is -1.10. The molecule has 0 radical (unpaired) electrons. The van der Waals surface area contributed by atoms with Crippen molar-refractivity contribution in [1.82, 2.24) is 0 Å². The zero-order valence-electron chi connectivity index (χ0n) is 20.6. The molecule has 0 saturated heterocycles. The van der Waals surface area contributed by atoms with E-state index in [2.05, 4.69) is 13.8 Å². The zero-order valence-corrected chi connectivity index (χ0v) is 20.6. The van der Waals surface area contributed by atoms with Crippen molar-refractivity contribution in [3.8, 4) is 0 Å².